The zero-order valence-corrected chi connectivity index (χ0v) is 5.46. The fourth-order valence-electron chi connectivity index (χ4n) is 0.545. The molecule has 0 atom stereocenters. The summed E-state index contributed by atoms with van der Waals surface area (Å²) in [5.74, 6) is 0. The lowest BCUT2D eigenvalue weighted by molar-refractivity contribution is 1.52. The summed E-state index contributed by atoms with van der Waals surface area (Å²) < 4.78 is 0. The average Bonchev–Trinajstić information content (AvgIpc) is 2.14. The molecule has 8 heavy (non-hydrogen) atoms. The van der Waals surface area contributed by atoms with Crippen molar-refractivity contribution >= 4 is 17.6 Å². The predicted octanol–water partition coefficient (Wildman–Crippen LogP) is 2.05. The second-order valence-electron chi connectivity index (χ2n) is 1.58. The van der Waals surface area contributed by atoms with E-state index in [4.69, 9.17) is 5.41 Å². The van der Waals surface area contributed by atoms with Gasteiger partial charge in [0.2, 0.25) is 0 Å². The molecule has 0 aliphatic heterocycles. The Morgan fingerprint density at radius 1 is 1.75 bits per heavy atom. The molecule has 0 aromatic carbocycles. The molecule has 0 bridgehead atoms. The minimum absolute atomic E-state index is 1.04. The zero-order chi connectivity index (χ0) is 5.98. The highest BCUT2D eigenvalue weighted by Crippen LogP contribution is 2.11. The van der Waals surface area contributed by atoms with E-state index in [1.807, 2.05) is 18.4 Å². The third-order valence-corrected chi connectivity index (χ3v) is 1.92. The summed E-state index contributed by atoms with van der Waals surface area (Å²) >= 11 is 1.68. The maximum absolute atomic E-state index is 6.88. The molecular formula is C6H7NS. The third kappa shape index (κ3) is 0.793. The van der Waals surface area contributed by atoms with Gasteiger partial charge in [0.1, 0.15) is 0 Å². The summed E-state index contributed by atoms with van der Waals surface area (Å²) in [4.78, 5) is 1.22. The number of rotatable bonds is 1. The first kappa shape index (κ1) is 5.51. The van der Waals surface area contributed by atoms with Crippen LogP contribution in [0.1, 0.15) is 10.4 Å². The number of hydrogen-bond donors (Lipinski definition) is 1. The Hall–Kier alpha value is -0.630. The first-order valence-electron chi connectivity index (χ1n) is 2.39. The van der Waals surface area contributed by atoms with Crippen LogP contribution in [0.5, 0.6) is 0 Å². The van der Waals surface area contributed by atoms with Crippen LogP contribution in [0.3, 0.4) is 0 Å². The molecule has 0 fully saturated rings. The normalized spacial score (nSPS) is 9.12. The SMILES string of the molecule is Cc1sccc1C=N. The van der Waals surface area contributed by atoms with Gasteiger partial charge in [-0.15, -0.1) is 11.3 Å². The third-order valence-electron chi connectivity index (χ3n) is 1.05. The highest BCUT2D eigenvalue weighted by molar-refractivity contribution is 7.10. The van der Waals surface area contributed by atoms with Crippen LogP contribution in [-0.2, 0) is 0 Å². The predicted molar refractivity (Wildman–Crippen MR) is 36.9 cm³/mol. The smallest absolute Gasteiger partial charge is 0.0261 e. The summed E-state index contributed by atoms with van der Waals surface area (Å²) in [6, 6.07) is 1.95. The van der Waals surface area contributed by atoms with E-state index >= 15 is 0 Å². The minimum atomic E-state index is 1.04. The van der Waals surface area contributed by atoms with E-state index < -0.39 is 0 Å². The van der Waals surface area contributed by atoms with Crippen LogP contribution in [0.4, 0.5) is 0 Å². The maximum Gasteiger partial charge on any atom is 0.0261 e. The van der Waals surface area contributed by atoms with E-state index in [-0.39, 0.29) is 0 Å². The van der Waals surface area contributed by atoms with Crippen molar-refractivity contribution in [1.29, 1.82) is 5.41 Å². The van der Waals surface area contributed by atoms with E-state index in [1.54, 1.807) is 11.3 Å². The van der Waals surface area contributed by atoms with Crippen LogP contribution in [0, 0.1) is 12.3 Å². The molecule has 1 rings (SSSR count). The van der Waals surface area contributed by atoms with Gasteiger partial charge in [0.25, 0.3) is 0 Å². The van der Waals surface area contributed by atoms with Gasteiger partial charge in [-0.2, -0.15) is 0 Å². The summed E-state index contributed by atoms with van der Waals surface area (Å²) in [6.45, 7) is 2.02. The minimum Gasteiger partial charge on any atom is -0.308 e. The molecule has 0 aliphatic carbocycles. The molecule has 0 spiro atoms. The van der Waals surface area contributed by atoms with Crippen molar-refractivity contribution < 1.29 is 0 Å². The zero-order valence-electron chi connectivity index (χ0n) is 4.64. The molecule has 1 nitrogen and oxygen atoms in total. The lowest BCUT2D eigenvalue weighted by atomic mass is 10.3. The summed E-state index contributed by atoms with van der Waals surface area (Å²) in [6.07, 6.45) is 1.38. The molecule has 0 unspecified atom stereocenters. The van der Waals surface area contributed by atoms with Gasteiger partial charge in [-0.05, 0) is 18.4 Å². The Labute approximate surface area is 52.5 Å². The van der Waals surface area contributed by atoms with Crippen LogP contribution < -0.4 is 0 Å². The number of nitrogens with one attached hydrogen (secondary N) is 1. The van der Waals surface area contributed by atoms with Crippen molar-refractivity contribution in [3.8, 4) is 0 Å². The van der Waals surface area contributed by atoms with Gasteiger partial charge in [0, 0.05) is 16.7 Å². The van der Waals surface area contributed by atoms with Gasteiger partial charge in [-0.25, -0.2) is 0 Å². The summed E-state index contributed by atoms with van der Waals surface area (Å²) in [7, 11) is 0. The van der Waals surface area contributed by atoms with Crippen molar-refractivity contribution in [1.82, 2.24) is 0 Å². The van der Waals surface area contributed by atoms with Crippen molar-refractivity contribution in [2.24, 2.45) is 0 Å². The van der Waals surface area contributed by atoms with E-state index in [9.17, 15) is 0 Å². The first-order chi connectivity index (χ1) is 3.84. The monoisotopic (exact) mass is 125 g/mol. The molecule has 0 saturated heterocycles. The molecule has 0 saturated carbocycles. The van der Waals surface area contributed by atoms with Crippen LogP contribution in [0.25, 0.3) is 0 Å². The fourth-order valence-corrected chi connectivity index (χ4v) is 1.23. The molecular weight excluding hydrogens is 118 g/mol. The molecule has 1 heterocycles. The van der Waals surface area contributed by atoms with Crippen LogP contribution in [-0.4, -0.2) is 6.21 Å². The van der Waals surface area contributed by atoms with E-state index in [2.05, 4.69) is 0 Å². The van der Waals surface area contributed by atoms with Gasteiger partial charge in [0.15, 0.2) is 0 Å². The van der Waals surface area contributed by atoms with Gasteiger partial charge in [-0.1, -0.05) is 0 Å². The largest absolute Gasteiger partial charge is 0.308 e. The van der Waals surface area contributed by atoms with Gasteiger partial charge < -0.3 is 5.41 Å². The second kappa shape index (κ2) is 2.09. The van der Waals surface area contributed by atoms with Crippen LogP contribution >= 0.6 is 11.3 Å². The Morgan fingerprint density at radius 2 is 2.50 bits per heavy atom. The number of aryl methyl sites for hydroxylation is 1. The maximum atomic E-state index is 6.88. The summed E-state index contributed by atoms with van der Waals surface area (Å²) in [5.41, 5.74) is 1.04. The molecule has 0 radical (unpaired) electrons. The van der Waals surface area contributed by atoms with Crippen molar-refractivity contribution in [2.45, 2.75) is 6.92 Å². The first-order valence-corrected chi connectivity index (χ1v) is 3.27. The number of hydrogen-bond acceptors (Lipinski definition) is 2. The van der Waals surface area contributed by atoms with Crippen molar-refractivity contribution in [3.05, 3.63) is 21.9 Å². The van der Waals surface area contributed by atoms with Crippen LogP contribution in [0.2, 0.25) is 0 Å². The van der Waals surface area contributed by atoms with E-state index in [1.165, 1.54) is 11.1 Å². The lowest BCUT2D eigenvalue weighted by Gasteiger charge is -1.81. The van der Waals surface area contributed by atoms with Crippen molar-refractivity contribution in [3.63, 3.8) is 0 Å². The molecule has 1 N–H and O–H groups in total. The quantitative estimate of drug-likeness (QED) is 0.555. The molecule has 1 aromatic heterocycles. The Balaban J connectivity index is 3.09. The van der Waals surface area contributed by atoms with Crippen molar-refractivity contribution in [2.75, 3.05) is 0 Å². The van der Waals surface area contributed by atoms with E-state index in [0.717, 1.165) is 5.56 Å². The molecule has 0 aliphatic rings. The van der Waals surface area contributed by atoms with Gasteiger partial charge in [0.05, 0.1) is 0 Å². The lowest BCUT2D eigenvalue weighted by Crippen LogP contribution is -1.73. The van der Waals surface area contributed by atoms with Crippen LogP contribution in [0.15, 0.2) is 11.4 Å². The Bertz CT molecular complexity index is 190. The van der Waals surface area contributed by atoms with E-state index in [0.29, 0.717) is 0 Å². The molecule has 1 aromatic rings. The highest BCUT2D eigenvalue weighted by Gasteiger charge is 1.91. The molecule has 42 valence electrons. The topological polar surface area (TPSA) is 23.9 Å². The number of thiophene rings is 1. The Kier molecular flexibility index (Phi) is 1.44. The summed E-state index contributed by atoms with van der Waals surface area (Å²) in [5, 5.41) is 8.88. The fraction of sp³-hybridized carbons (Fsp3) is 0.167. The Morgan fingerprint density at radius 3 is 2.75 bits per heavy atom. The second-order valence-corrected chi connectivity index (χ2v) is 2.70. The van der Waals surface area contributed by atoms with Gasteiger partial charge >= 0.3 is 0 Å². The molecule has 0 amide bonds. The van der Waals surface area contributed by atoms with Gasteiger partial charge in [-0.3, -0.25) is 0 Å². The highest BCUT2D eigenvalue weighted by atomic mass is 32.1. The molecule has 2 heteroatoms. The standard InChI is InChI=1S/C6H7NS/c1-5-6(4-7)2-3-8-5/h2-4,7H,1H3. The average molecular weight is 125 g/mol.